The van der Waals surface area contributed by atoms with Gasteiger partial charge in [-0.1, -0.05) is 6.07 Å². The maximum Gasteiger partial charge on any atom is 0.251 e. The minimum atomic E-state index is -0.318. The van der Waals surface area contributed by atoms with E-state index >= 15 is 0 Å². The number of hydrogen-bond acceptors (Lipinski definition) is 6. The number of anilines is 1. The molecule has 1 aliphatic carbocycles. The van der Waals surface area contributed by atoms with Gasteiger partial charge in [-0.3, -0.25) is 9.59 Å². The predicted molar refractivity (Wildman–Crippen MR) is 102 cm³/mol. The Bertz CT molecular complexity index is 831. The molecule has 1 heterocycles. The summed E-state index contributed by atoms with van der Waals surface area (Å²) >= 11 is 0. The average molecular weight is 371 g/mol. The van der Waals surface area contributed by atoms with Crippen LogP contribution in [0.5, 0.6) is 0 Å². The van der Waals surface area contributed by atoms with Gasteiger partial charge in [0.1, 0.15) is 0 Å². The number of hydrogen-bond donors (Lipinski definition) is 3. The number of carbonyl (C=O) groups excluding carboxylic acids is 2. The number of aliphatic hydroxyl groups excluding tert-OH is 1. The molecule has 2 aromatic rings. The van der Waals surface area contributed by atoms with Gasteiger partial charge in [0.15, 0.2) is 0 Å². The molecule has 1 saturated carbocycles. The van der Waals surface area contributed by atoms with Gasteiger partial charge in [0.05, 0.1) is 18.2 Å². The maximum absolute atomic E-state index is 12.3. The molecule has 0 aliphatic heterocycles. The molecule has 144 valence electrons. The standard InChI is InChI=1S/C19H25N5O3/c1-24(2)17(26)11-20-18(27)12-3-4-13-10-21-19(23-16(13)9-12)22-14-5-7-15(25)8-6-14/h3-4,9-10,14-15,25H,5-8,11H2,1-2H3,(H,20,27)(H,21,22,23)/t14-,15-. The molecule has 0 spiro atoms. The summed E-state index contributed by atoms with van der Waals surface area (Å²) in [5.41, 5.74) is 1.11. The van der Waals surface area contributed by atoms with E-state index in [1.54, 1.807) is 38.5 Å². The summed E-state index contributed by atoms with van der Waals surface area (Å²) in [6.45, 7) is -0.0476. The number of carbonyl (C=O) groups is 2. The van der Waals surface area contributed by atoms with Crippen molar-refractivity contribution in [2.24, 2.45) is 0 Å². The van der Waals surface area contributed by atoms with E-state index in [0.717, 1.165) is 31.1 Å². The molecule has 0 radical (unpaired) electrons. The SMILES string of the molecule is CN(C)C(=O)CNC(=O)c1ccc2cnc(N[C@H]3CC[C@H](O)CC3)nc2c1. The smallest absolute Gasteiger partial charge is 0.251 e. The molecule has 0 unspecified atom stereocenters. The number of fused-ring (bicyclic) bond motifs is 1. The Morgan fingerprint density at radius 3 is 2.67 bits per heavy atom. The Morgan fingerprint density at radius 2 is 1.96 bits per heavy atom. The lowest BCUT2D eigenvalue weighted by atomic mass is 9.93. The van der Waals surface area contributed by atoms with Crippen molar-refractivity contribution in [3.05, 3.63) is 30.0 Å². The fourth-order valence-corrected chi connectivity index (χ4v) is 3.05. The first-order valence-electron chi connectivity index (χ1n) is 9.12. The van der Waals surface area contributed by atoms with Gasteiger partial charge in [-0.2, -0.15) is 0 Å². The van der Waals surface area contributed by atoms with E-state index < -0.39 is 0 Å². The second kappa shape index (κ2) is 8.30. The van der Waals surface area contributed by atoms with Crippen LogP contribution in [0.2, 0.25) is 0 Å². The lowest BCUT2D eigenvalue weighted by Gasteiger charge is -2.26. The highest BCUT2D eigenvalue weighted by Gasteiger charge is 2.20. The molecular formula is C19H25N5O3. The fourth-order valence-electron chi connectivity index (χ4n) is 3.05. The van der Waals surface area contributed by atoms with Gasteiger partial charge in [-0.25, -0.2) is 9.97 Å². The minimum absolute atomic E-state index is 0.0476. The normalized spacial score (nSPS) is 19.5. The summed E-state index contributed by atoms with van der Waals surface area (Å²) in [6, 6.07) is 5.42. The third-order valence-corrected chi connectivity index (χ3v) is 4.77. The summed E-state index contributed by atoms with van der Waals surface area (Å²) in [5.74, 6) is 0.0290. The van der Waals surface area contributed by atoms with Crippen molar-refractivity contribution in [3.8, 4) is 0 Å². The Labute approximate surface area is 158 Å². The second-order valence-corrected chi connectivity index (χ2v) is 7.09. The van der Waals surface area contributed by atoms with Crippen LogP contribution in [-0.2, 0) is 4.79 Å². The van der Waals surface area contributed by atoms with Crippen LogP contribution in [0.3, 0.4) is 0 Å². The molecule has 8 heteroatoms. The Morgan fingerprint density at radius 1 is 1.22 bits per heavy atom. The predicted octanol–water partition coefficient (Wildman–Crippen LogP) is 1.16. The van der Waals surface area contributed by atoms with Crippen LogP contribution < -0.4 is 10.6 Å². The van der Waals surface area contributed by atoms with E-state index in [4.69, 9.17) is 0 Å². The third-order valence-electron chi connectivity index (χ3n) is 4.77. The van der Waals surface area contributed by atoms with E-state index in [1.807, 2.05) is 0 Å². The van der Waals surface area contributed by atoms with Crippen LogP contribution in [0.25, 0.3) is 10.9 Å². The minimum Gasteiger partial charge on any atom is -0.393 e. The first kappa shape index (κ1) is 19.0. The van der Waals surface area contributed by atoms with Gasteiger partial charge >= 0.3 is 0 Å². The van der Waals surface area contributed by atoms with Crippen LogP contribution in [0, 0.1) is 0 Å². The van der Waals surface area contributed by atoms with Crippen molar-refractivity contribution in [1.82, 2.24) is 20.2 Å². The number of benzene rings is 1. The summed E-state index contributed by atoms with van der Waals surface area (Å²) < 4.78 is 0. The molecule has 1 aliphatic rings. The quantitative estimate of drug-likeness (QED) is 0.728. The summed E-state index contributed by atoms with van der Waals surface area (Å²) in [4.78, 5) is 34.2. The highest BCUT2D eigenvalue weighted by Crippen LogP contribution is 2.22. The molecule has 3 rings (SSSR count). The zero-order valence-electron chi connectivity index (χ0n) is 15.6. The number of aromatic nitrogens is 2. The van der Waals surface area contributed by atoms with Crippen molar-refractivity contribution in [3.63, 3.8) is 0 Å². The topological polar surface area (TPSA) is 107 Å². The van der Waals surface area contributed by atoms with Gasteiger partial charge < -0.3 is 20.6 Å². The van der Waals surface area contributed by atoms with Crippen molar-refractivity contribution in [2.45, 2.75) is 37.8 Å². The average Bonchev–Trinajstić information content (AvgIpc) is 2.67. The molecule has 0 bridgehead atoms. The number of aliphatic hydroxyl groups is 1. The van der Waals surface area contributed by atoms with Crippen LogP contribution in [0.1, 0.15) is 36.0 Å². The molecule has 1 fully saturated rings. The van der Waals surface area contributed by atoms with Gasteiger partial charge in [-0.05, 0) is 37.8 Å². The first-order valence-corrected chi connectivity index (χ1v) is 9.12. The van der Waals surface area contributed by atoms with E-state index in [9.17, 15) is 14.7 Å². The summed E-state index contributed by atoms with van der Waals surface area (Å²) in [5, 5.41) is 16.4. The number of nitrogens with one attached hydrogen (secondary N) is 2. The van der Waals surface area contributed by atoms with Crippen molar-refractivity contribution in [2.75, 3.05) is 26.0 Å². The van der Waals surface area contributed by atoms with Gasteiger partial charge in [0, 0.05) is 37.3 Å². The lowest BCUT2D eigenvalue weighted by Crippen LogP contribution is -2.36. The number of nitrogens with zero attached hydrogens (tertiary/aromatic N) is 3. The monoisotopic (exact) mass is 371 g/mol. The maximum atomic E-state index is 12.3. The molecule has 0 atom stereocenters. The van der Waals surface area contributed by atoms with E-state index in [-0.39, 0.29) is 30.5 Å². The molecular weight excluding hydrogens is 346 g/mol. The highest BCUT2D eigenvalue weighted by molar-refractivity contribution is 5.99. The zero-order chi connectivity index (χ0) is 19.4. The first-order chi connectivity index (χ1) is 12.9. The molecule has 0 saturated heterocycles. The third kappa shape index (κ3) is 4.91. The molecule has 8 nitrogen and oxygen atoms in total. The number of likely N-dealkylation sites (N-methyl/N-ethyl adjacent to an activating group) is 1. The van der Waals surface area contributed by atoms with E-state index in [0.29, 0.717) is 17.0 Å². The highest BCUT2D eigenvalue weighted by atomic mass is 16.3. The van der Waals surface area contributed by atoms with Crippen LogP contribution in [-0.4, -0.2) is 64.6 Å². The molecule has 1 aromatic heterocycles. The van der Waals surface area contributed by atoms with Crippen LogP contribution in [0.15, 0.2) is 24.4 Å². The van der Waals surface area contributed by atoms with Crippen LogP contribution in [0.4, 0.5) is 5.95 Å². The molecule has 3 N–H and O–H groups in total. The summed E-state index contributed by atoms with van der Waals surface area (Å²) in [7, 11) is 3.28. The molecule has 2 amide bonds. The number of rotatable bonds is 5. The lowest BCUT2D eigenvalue weighted by molar-refractivity contribution is -0.127. The molecule has 1 aromatic carbocycles. The number of amides is 2. The van der Waals surface area contributed by atoms with Crippen molar-refractivity contribution in [1.29, 1.82) is 0 Å². The Hall–Kier alpha value is -2.74. The van der Waals surface area contributed by atoms with Crippen molar-refractivity contribution < 1.29 is 14.7 Å². The second-order valence-electron chi connectivity index (χ2n) is 7.09. The largest absolute Gasteiger partial charge is 0.393 e. The van der Waals surface area contributed by atoms with E-state index in [2.05, 4.69) is 20.6 Å². The summed E-state index contributed by atoms with van der Waals surface area (Å²) in [6.07, 6.45) is 4.83. The zero-order valence-corrected chi connectivity index (χ0v) is 15.6. The Kier molecular flexibility index (Phi) is 5.85. The van der Waals surface area contributed by atoms with Gasteiger partial charge in [0.2, 0.25) is 11.9 Å². The Balaban J connectivity index is 1.70. The van der Waals surface area contributed by atoms with Crippen LogP contribution >= 0.6 is 0 Å². The van der Waals surface area contributed by atoms with Crippen molar-refractivity contribution >= 4 is 28.7 Å². The fraction of sp³-hybridized carbons (Fsp3) is 0.474. The van der Waals surface area contributed by atoms with E-state index in [1.165, 1.54) is 4.90 Å². The van der Waals surface area contributed by atoms with Gasteiger partial charge in [0.25, 0.3) is 5.91 Å². The van der Waals surface area contributed by atoms with Gasteiger partial charge in [-0.15, -0.1) is 0 Å². The molecule has 27 heavy (non-hydrogen) atoms.